The molecule has 0 unspecified atom stereocenters. The van der Waals surface area contributed by atoms with E-state index in [1.165, 1.54) is 0 Å². The maximum atomic E-state index is 10.7. The van der Waals surface area contributed by atoms with E-state index in [1.807, 2.05) is 30.3 Å². The molecule has 0 saturated heterocycles. The lowest BCUT2D eigenvalue weighted by molar-refractivity contribution is -0.136. The number of carbonyl (C=O) groups is 1. The Bertz CT molecular complexity index is 549. The summed E-state index contributed by atoms with van der Waals surface area (Å²) in [4.78, 5) is 14.9. The van der Waals surface area contributed by atoms with Gasteiger partial charge in [-0.15, -0.1) is 0 Å². The molecule has 1 aromatic carbocycles. The fraction of sp³-hybridized carbons (Fsp3) is 0.167. The third-order valence-corrected chi connectivity index (χ3v) is 2.91. The minimum absolute atomic E-state index is 0.167. The van der Waals surface area contributed by atoms with E-state index in [-0.39, 0.29) is 6.42 Å². The van der Waals surface area contributed by atoms with E-state index in [4.69, 9.17) is 16.7 Å². The molecule has 0 radical (unpaired) electrons. The lowest BCUT2D eigenvalue weighted by Crippen LogP contribution is -2.01. The standard InChI is InChI=1S/C12H11ClN2O2/c1-15-11(13)9(7-10(16)17)14-12(15)8-5-3-2-4-6-8/h2-6H,7H2,1H3,(H,16,17). The average Bonchev–Trinajstić information content (AvgIpc) is 2.58. The number of aromatic nitrogens is 2. The van der Waals surface area contributed by atoms with Crippen molar-refractivity contribution in [3.63, 3.8) is 0 Å². The molecule has 0 spiro atoms. The van der Waals surface area contributed by atoms with Gasteiger partial charge in [-0.1, -0.05) is 41.9 Å². The van der Waals surface area contributed by atoms with Crippen molar-refractivity contribution in [2.24, 2.45) is 7.05 Å². The van der Waals surface area contributed by atoms with Crippen molar-refractivity contribution in [3.8, 4) is 11.4 Å². The van der Waals surface area contributed by atoms with Crippen molar-refractivity contribution in [1.82, 2.24) is 9.55 Å². The number of benzene rings is 1. The van der Waals surface area contributed by atoms with Crippen LogP contribution < -0.4 is 0 Å². The molecule has 0 amide bonds. The van der Waals surface area contributed by atoms with Gasteiger partial charge in [-0.2, -0.15) is 0 Å². The largest absolute Gasteiger partial charge is 0.481 e. The summed E-state index contributed by atoms with van der Waals surface area (Å²) in [6.45, 7) is 0. The van der Waals surface area contributed by atoms with E-state index in [9.17, 15) is 4.79 Å². The maximum absolute atomic E-state index is 10.7. The number of nitrogens with zero attached hydrogens (tertiary/aromatic N) is 2. The smallest absolute Gasteiger partial charge is 0.309 e. The Morgan fingerprint density at radius 3 is 2.65 bits per heavy atom. The Morgan fingerprint density at radius 2 is 2.06 bits per heavy atom. The van der Waals surface area contributed by atoms with E-state index in [0.717, 1.165) is 5.56 Å². The van der Waals surface area contributed by atoms with Crippen molar-refractivity contribution in [2.75, 3.05) is 0 Å². The van der Waals surface area contributed by atoms with Crippen LogP contribution >= 0.6 is 11.6 Å². The van der Waals surface area contributed by atoms with Crippen LogP contribution in [-0.4, -0.2) is 20.6 Å². The third kappa shape index (κ3) is 2.31. The molecule has 0 aliphatic rings. The zero-order valence-corrected chi connectivity index (χ0v) is 9.98. The maximum Gasteiger partial charge on any atom is 0.309 e. The number of carboxylic acids is 1. The zero-order valence-electron chi connectivity index (χ0n) is 9.22. The summed E-state index contributed by atoms with van der Waals surface area (Å²) in [5.41, 5.74) is 1.30. The second-order valence-corrected chi connectivity index (χ2v) is 4.03. The second-order valence-electron chi connectivity index (χ2n) is 3.67. The number of imidazole rings is 1. The monoisotopic (exact) mass is 250 g/mol. The van der Waals surface area contributed by atoms with Crippen LogP contribution in [0.2, 0.25) is 5.15 Å². The predicted molar refractivity (Wildman–Crippen MR) is 65.0 cm³/mol. The molecule has 0 aliphatic heterocycles. The first-order valence-corrected chi connectivity index (χ1v) is 5.45. The van der Waals surface area contributed by atoms with Gasteiger partial charge in [-0.3, -0.25) is 4.79 Å². The lowest BCUT2D eigenvalue weighted by Gasteiger charge is -2.01. The molecule has 0 atom stereocenters. The van der Waals surface area contributed by atoms with Crippen molar-refractivity contribution in [1.29, 1.82) is 0 Å². The van der Waals surface area contributed by atoms with Crippen molar-refractivity contribution in [2.45, 2.75) is 6.42 Å². The number of hydrogen-bond acceptors (Lipinski definition) is 2. The van der Waals surface area contributed by atoms with Crippen molar-refractivity contribution >= 4 is 17.6 Å². The molecule has 88 valence electrons. The van der Waals surface area contributed by atoms with Crippen LogP contribution in [0.1, 0.15) is 5.69 Å². The van der Waals surface area contributed by atoms with Gasteiger partial charge in [-0.05, 0) is 0 Å². The lowest BCUT2D eigenvalue weighted by atomic mass is 10.2. The van der Waals surface area contributed by atoms with E-state index < -0.39 is 5.97 Å². The Kier molecular flexibility index (Phi) is 3.15. The second kappa shape index (κ2) is 4.59. The summed E-state index contributed by atoms with van der Waals surface area (Å²) in [5.74, 6) is -0.267. The van der Waals surface area contributed by atoms with Gasteiger partial charge in [-0.25, -0.2) is 4.98 Å². The van der Waals surface area contributed by atoms with E-state index >= 15 is 0 Å². The van der Waals surface area contributed by atoms with Crippen LogP contribution in [0.25, 0.3) is 11.4 Å². The number of aliphatic carboxylic acids is 1. The average molecular weight is 251 g/mol. The van der Waals surface area contributed by atoms with Crippen LogP contribution in [0.4, 0.5) is 0 Å². The van der Waals surface area contributed by atoms with Crippen molar-refractivity contribution in [3.05, 3.63) is 41.2 Å². The topological polar surface area (TPSA) is 55.1 Å². The minimum Gasteiger partial charge on any atom is -0.481 e. The van der Waals surface area contributed by atoms with Crippen LogP contribution in [0, 0.1) is 0 Å². The van der Waals surface area contributed by atoms with Crippen LogP contribution in [0.5, 0.6) is 0 Å². The summed E-state index contributed by atoms with van der Waals surface area (Å²) < 4.78 is 1.69. The van der Waals surface area contributed by atoms with Gasteiger partial charge in [0.05, 0.1) is 12.1 Å². The highest BCUT2D eigenvalue weighted by Gasteiger charge is 2.16. The summed E-state index contributed by atoms with van der Waals surface area (Å²) in [6, 6.07) is 9.52. The van der Waals surface area contributed by atoms with Crippen molar-refractivity contribution < 1.29 is 9.90 Å². The first-order chi connectivity index (χ1) is 8.09. The normalized spacial score (nSPS) is 10.5. The zero-order chi connectivity index (χ0) is 12.4. The first-order valence-electron chi connectivity index (χ1n) is 5.08. The molecule has 17 heavy (non-hydrogen) atoms. The molecular weight excluding hydrogens is 240 g/mol. The van der Waals surface area contributed by atoms with Gasteiger partial charge >= 0.3 is 5.97 Å². The number of hydrogen-bond donors (Lipinski definition) is 1. The third-order valence-electron chi connectivity index (χ3n) is 2.44. The van der Waals surface area contributed by atoms with Gasteiger partial charge in [0.15, 0.2) is 0 Å². The molecule has 0 saturated carbocycles. The molecule has 1 N–H and O–H groups in total. The fourth-order valence-corrected chi connectivity index (χ4v) is 1.83. The highest BCUT2D eigenvalue weighted by atomic mass is 35.5. The summed E-state index contributed by atoms with van der Waals surface area (Å²) in [5, 5.41) is 9.12. The van der Waals surface area contributed by atoms with Gasteiger partial charge in [0.25, 0.3) is 0 Å². The molecule has 5 heteroatoms. The van der Waals surface area contributed by atoms with Gasteiger partial charge in [0.1, 0.15) is 11.0 Å². The minimum atomic E-state index is -0.940. The van der Waals surface area contributed by atoms with Gasteiger partial charge in [0, 0.05) is 12.6 Å². The Labute approximate surface area is 103 Å². The molecule has 0 fully saturated rings. The number of rotatable bonds is 3. The molecule has 2 aromatic rings. The van der Waals surface area contributed by atoms with E-state index in [0.29, 0.717) is 16.7 Å². The van der Waals surface area contributed by atoms with Crippen LogP contribution in [0.15, 0.2) is 30.3 Å². The highest BCUT2D eigenvalue weighted by Crippen LogP contribution is 2.24. The predicted octanol–water partition coefficient (Wildman–Crippen LogP) is 2.37. The molecular formula is C12H11ClN2O2. The first kappa shape index (κ1) is 11.7. The Morgan fingerprint density at radius 1 is 1.41 bits per heavy atom. The van der Waals surface area contributed by atoms with Gasteiger partial charge in [0.2, 0.25) is 0 Å². The van der Waals surface area contributed by atoms with Gasteiger partial charge < -0.3 is 9.67 Å². The quantitative estimate of drug-likeness (QED) is 0.910. The van der Waals surface area contributed by atoms with Crippen LogP contribution in [-0.2, 0) is 18.3 Å². The molecule has 0 aliphatic carbocycles. The molecule has 0 bridgehead atoms. The summed E-state index contributed by atoms with van der Waals surface area (Å²) in [7, 11) is 1.77. The number of carboxylic acid groups (broad SMARTS) is 1. The van der Waals surface area contributed by atoms with E-state index in [1.54, 1.807) is 11.6 Å². The molecule has 1 heterocycles. The number of halogens is 1. The summed E-state index contributed by atoms with van der Waals surface area (Å²) in [6.07, 6.45) is -0.167. The summed E-state index contributed by atoms with van der Waals surface area (Å²) >= 11 is 6.05. The molecule has 2 rings (SSSR count). The Hall–Kier alpha value is -1.81. The van der Waals surface area contributed by atoms with E-state index in [2.05, 4.69) is 4.98 Å². The SMILES string of the molecule is Cn1c(-c2ccccc2)nc(CC(=O)O)c1Cl. The Balaban J connectivity index is 2.46. The highest BCUT2D eigenvalue weighted by molar-refractivity contribution is 6.30. The van der Waals surface area contributed by atoms with Crippen LogP contribution in [0.3, 0.4) is 0 Å². The fourth-order valence-electron chi connectivity index (χ4n) is 1.64. The molecule has 1 aromatic heterocycles. The molecule has 4 nitrogen and oxygen atoms in total.